The summed E-state index contributed by atoms with van der Waals surface area (Å²) in [6, 6.07) is 7.33. The lowest BCUT2D eigenvalue weighted by Crippen LogP contribution is -2.23. The van der Waals surface area contributed by atoms with Crippen LogP contribution >= 0.6 is 11.3 Å². The number of aromatic nitrogens is 1. The zero-order valence-electron chi connectivity index (χ0n) is 16.5. The Kier molecular flexibility index (Phi) is 5.50. The van der Waals surface area contributed by atoms with Gasteiger partial charge in [-0.2, -0.15) is 0 Å². The highest BCUT2D eigenvalue weighted by Crippen LogP contribution is 2.30. The number of ether oxygens (including phenoxy) is 1. The number of amides is 2. The van der Waals surface area contributed by atoms with E-state index in [9.17, 15) is 14.4 Å². The highest BCUT2D eigenvalue weighted by Gasteiger charge is 2.24. The molecule has 8 heteroatoms. The van der Waals surface area contributed by atoms with E-state index in [0.717, 1.165) is 53.4 Å². The van der Waals surface area contributed by atoms with E-state index < -0.39 is 24.4 Å². The van der Waals surface area contributed by atoms with Crippen LogP contribution in [0.3, 0.4) is 0 Å². The van der Waals surface area contributed by atoms with Gasteiger partial charge in [0.1, 0.15) is 5.00 Å². The largest absolute Gasteiger partial charge is 0.452 e. The third-order valence-electron chi connectivity index (χ3n) is 5.14. The summed E-state index contributed by atoms with van der Waals surface area (Å²) in [5, 5.41) is 5.31. The summed E-state index contributed by atoms with van der Waals surface area (Å²) in [5.41, 5.74) is 9.63. The molecule has 0 spiro atoms. The van der Waals surface area contributed by atoms with Crippen LogP contribution in [-0.2, 0) is 22.4 Å². The van der Waals surface area contributed by atoms with E-state index in [2.05, 4.69) is 5.32 Å². The van der Waals surface area contributed by atoms with Crippen LogP contribution in [0.15, 0.2) is 29.6 Å². The first-order valence-electron chi connectivity index (χ1n) is 9.70. The van der Waals surface area contributed by atoms with E-state index in [0.29, 0.717) is 10.6 Å². The lowest BCUT2D eigenvalue weighted by molar-refractivity contribution is -0.119. The van der Waals surface area contributed by atoms with Crippen LogP contribution in [0.1, 0.15) is 50.4 Å². The molecule has 2 aromatic heterocycles. The second-order valence-corrected chi connectivity index (χ2v) is 8.21. The number of primary amides is 1. The Hall–Kier alpha value is -3.26. The van der Waals surface area contributed by atoms with E-state index in [-0.39, 0.29) is 5.56 Å². The first-order valence-corrected chi connectivity index (χ1v) is 10.6. The molecule has 7 nitrogen and oxygen atoms in total. The van der Waals surface area contributed by atoms with Gasteiger partial charge in [-0.1, -0.05) is 11.6 Å². The van der Waals surface area contributed by atoms with E-state index in [1.54, 1.807) is 5.38 Å². The van der Waals surface area contributed by atoms with Crippen molar-refractivity contribution in [3.63, 3.8) is 0 Å². The van der Waals surface area contributed by atoms with Gasteiger partial charge in [0, 0.05) is 11.1 Å². The maximum absolute atomic E-state index is 13.0. The van der Waals surface area contributed by atoms with Crippen molar-refractivity contribution < 1.29 is 19.1 Å². The van der Waals surface area contributed by atoms with Crippen LogP contribution in [0, 0.1) is 6.92 Å². The topological polar surface area (TPSA) is 111 Å². The van der Waals surface area contributed by atoms with Crippen LogP contribution in [-0.4, -0.2) is 29.4 Å². The summed E-state index contributed by atoms with van der Waals surface area (Å²) >= 11 is 1.18. The van der Waals surface area contributed by atoms with Crippen molar-refractivity contribution >= 4 is 45.0 Å². The van der Waals surface area contributed by atoms with Crippen molar-refractivity contribution in [2.75, 3.05) is 11.9 Å². The fraction of sp³-hybridized carbons (Fsp3) is 0.273. The Bertz CT molecular complexity index is 1170. The molecular formula is C22H21N3O4S. The molecule has 0 fully saturated rings. The molecular weight excluding hydrogens is 402 g/mol. The number of thiophene rings is 1. The number of nitrogens with two attached hydrogens (primary N) is 1. The number of benzene rings is 1. The average Bonchev–Trinajstić information content (AvgIpc) is 3.18. The van der Waals surface area contributed by atoms with E-state index in [1.807, 2.05) is 25.1 Å². The zero-order chi connectivity index (χ0) is 21.3. The third-order valence-corrected chi connectivity index (χ3v) is 5.97. The number of pyridine rings is 1. The highest BCUT2D eigenvalue weighted by atomic mass is 32.1. The Labute approximate surface area is 177 Å². The quantitative estimate of drug-likeness (QED) is 0.611. The smallest absolute Gasteiger partial charge is 0.339 e. The normalized spacial score (nSPS) is 13.0. The molecule has 0 aliphatic heterocycles. The number of aryl methyl sites for hydroxylation is 2. The molecule has 0 unspecified atom stereocenters. The molecule has 0 bridgehead atoms. The van der Waals surface area contributed by atoms with Crippen molar-refractivity contribution in [1.82, 2.24) is 4.98 Å². The van der Waals surface area contributed by atoms with E-state index in [4.69, 9.17) is 15.5 Å². The summed E-state index contributed by atoms with van der Waals surface area (Å²) in [4.78, 5) is 41.4. The van der Waals surface area contributed by atoms with Gasteiger partial charge >= 0.3 is 5.97 Å². The molecule has 3 N–H and O–H groups in total. The molecule has 0 saturated carbocycles. The third kappa shape index (κ3) is 3.91. The molecule has 1 aliphatic rings. The lowest BCUT2D eigenvalue weighted by atomic mass is 9.89. The predicted octanol–water partition coefficient (Wildman–Crippen LogP) is 3.38. The number of anilines is 1. The van der Waals surface area contributed by atoms with Gasteiger partial charge in [-0.15, -0.1) is 11.3 Å². The number of hydrogen-bond donors (Lipinski definition) is 2. The van der Waals surface area contributed by atoms with Gasteiger partial charge < -0.3 is 15.8 Å². The molecule has 3 aromatic rings. The minimum atomic E-state index is -0.631. The summed E-state index contributed by atoms with van der Waals surface area (Å²) in [6.07, 6.45) is 3.62. The Morgan fingerprint density at radius 2 is 2.00 bits per heavy atom. The van der Waals surface area contributed by atoms with Crippen molar-refractivity contribution in [1.29, 1.82) is 0 Å². The number of nitrogens with one attached hydrogen (secondary N) is 1. The molecule has 1 aromatic carbocycles. The van der Waals surface area contributed by atoms with Crippen LogP contribution in [0.2, 0.25) is 0 Å². The Balaban J connectivity index is 1.57. The predicted molar refractivity (Wildman–Crippen MR) is 115 cm³/mol. The summed E-state index contributed by atoms with van der Waals surface area (Å²) in [7, 11) is 0. The number of fused-ring (bicyclic) bond motifs is 2. The Morgan fingerprint density at radius 3 is 2.80 bits per heavy atom. The molecule has 0 saturated heterocycles. The second kappa shape index (κ2) is 8.23. The molecule has 0 radical (unpaired) electrons. The minimum absolute atomic E-state index is 0.226. The lowest BCUT2D eigenvalue weighted by Gasteiger charge is -2.20. The van der Waals surface area contributed by atoms with Crippen LogP contribution in [0.5, 0.6) is 0 Å². The van der Waals surface area contributed by atoms with Crippen LogP contribution < -0.4 is 11.1 Å². The number of carbonyl (C=O) groups excluding carboxylic acids is 3. The van der Waals surface area contributed by atoms with Gasteiger partial charge in [-0.3, -0.25) is 14.6 Å². The van der Waals surface area contributed by atoms with Crippen molar-refractivity contribution in [2.45, 2.75) is 32.6 Å². The van der Waals surface area contributed by atoms with E-state index in [1.165, 1.54) is 17.4 Å². The van der Waals surface area contributed by atoms with Gasteiger partial charge in [-0.25, -0.2) is 4.79 Å². The zero-order valence-corrected chi connectivity index (χ0v) is 17.3. The van der Waals surface area contributed by atoms with Crippen LogP contribution in [0.25, 0.3) is 10.9 Å². The molecule has 0 atom stereocenters. The van der Waals surface area contributed by atoms with Gasteiger partial charge in [0.2, 0.25) is 0 Å². The fourth-order valence-corrected chi connectivity index (χ4v) is 4.55. The molecule has 1 aliphatic carbocycles. The van der Waals surface area contributed by atoms with Gasteiger partial charge in [0.25, 0.3) is 11.8 Å². The summed E-state index contributed by atoms with van der Waals surface area (Å²) in [5.74, 6) is -1.70. The number of carbonyl (C=O) groups is 3. The maximum atomic E-state index is 13.0. The van der Waals surface area contributed by atoms with Gasteiger partial charge in [-0.05, 0) is 61.7 Å². The molecule has 154 valence electrons. The Morgan fingerprint density at radius 1 is 1.20 bits per heavy atom. The minimum Gasteiger partial charge on any atom is -0.452 e. The molecule has 2 heterocycles. The number of rotatable bonds is 5. The maximum Gasteiger partial charge on any atom is 0.339 e. The monoisotopic (exact) mass is 423 g/mol. The first kappa shape index (κ1) is 20.0. The highest BCUT2D eigenvalue weighted by molar-refractivity contribution is 7.14. The number of hydrogen-bond acceptors (Lipinski definition) is 6. The van der Waals surface area contributed by atoms with Gasteiger partial charge in [0.05, 0.1) is 16.6 Å². The van der Waals surface area contributed by atoms with Crippen LogP contribution in [0.4, 0.5) is 5.00 Å². The molecule has 30 heavy (non-hydrogen) atoms. The summed E-state index contributed by atoms with van der Waals surface area (Å²) < 4.78 is 5.36. The molecule has 4 rings (SSSR count). The van der Waals surface area contributed by atoms with Gasteiger partial charge in [0.15, 0.2) is 6.61 Å². The standard InChI is InChI=1S/C22H21N3O4S/c1-12-6-7-17-15(10-12)19(13-4-2-3-5-16(13)24-17)22(28)29-11-18(26)25-21-14(20(23)27)8-9-30-21/h6-10H,2-5,11H2,1H3,(H2,23,27)(H,25,26). The number of esters is 1. The van der Waals surface area contributed by atoms with E-state index >= 15 is 0 Å². The average molecular weight is 423 g/mol. The summed E-state index contributed by atoms with van der Waals surface area (Å²) in [6.45, 7) is 1.50. The fourth-order valence-electron chi connectivity index (χ4n) is 3.74. The number of nitrogens with zero attached hydrogens (tertiary/aromatic N) is 1. The van der Waals surface area contributed by atoms with Crippen molar-refractivity contribution in [3.8, 4) is 0 Å². The first-order chi connectivity index (χ1) is 14.4. The van der Waals surface area contributed by atoms with Crippen molar-refractivity contribution in [3.05, 3.63) is 57.6 Å². The second-order valence-electron chi connectivity index (χ2n) is 7.29. The SMILES string of the molecule is Cc1ccc2nc3c(c(C(=O)OCC(=O)Nc4sccc4C(N)=O)c2c1)CCCC3. The van der Waals surface area contributed by atoms with Crippen molar-refractivity contribution in [2.24, 2.45) is 5.73 Å². The molecule has 2 amide bonds.